The molecule has 1 aliphatic rings. The van der Waals surface area contributed by atoms with Gasteiger partial charge in [-0.2, -0.15) is 0 Å². The lowest BCUT2D eigenvalue weighted by Gasteiger charge is -2.23. The zero-order valence-electron chi connectivity index (χ0n) is 11.3. The summed E-state index contributed by atoms with van der Waals surface area (Å²) in [6.45, 7) is 9.17. The summed E-state index contributed by atoms with van der Waals surface area (Å²) in [7, 11) is 0. The highest BCUT2D eigenvalue weighted by molar-refractivity contribution is 5.77. The van der Waals surface area contributed by atoms with Crippen LogP contribution >= 0.6 is 0 Å². The summed E-state index contributed by atoms with van der Waals surface area (Å²) >= 11 is 0. The van der Waals surface area contributed by atoms with Gasteiger partial charge in [0.25, 0.3) is 0 Å². The molecule has 1 unspecified atom stereocenters. The molecule has 17 heavy (non-hydrogen) atoms. The zero-order valence-corrected chi connectivity index (χ0v) is 11.3. The van der Waals surface area contributed by atoms with Crippen LogP contribution in [0.2, 0.25) is 0 Å². The van der Waals surface area contributed by atoms with Gasteiger partial charge in [0.2, 0.25) is 5.91 Å². The second-order valence-corrected chi connectivity index (χ2v) is 5.54. The maximum Gasteiger partial charge on any atom is 0.233 e. The Morgan fingerprint density at radius 1 is 1.47 bits per heavy atom. The molecule has 0 aliphatic carbocycles. The first-order chi connectivity index (χ1) is 8.02. The Hall–Kier alpha value is -0.610. The van der Waals surface area contributed by atoms with Crippen molar-refractivity contribution < 1.29 is 9.53 Å². The minimum atomic E-state index is -0.0712. The molecule has 4 nitrogen and oxygen atoms in total. The fraction of sp³-hybridized carbons (Fsp3) is 0.923. The number of rotatable bonds is 7. The number of amides is 1. The molecule has 0 aromatic rings. The molecule has 0 aromatic carbocycles. The van der Waals surface area contributed by atoms with E-state index in [1.807, 2.05) is 0 Å². The summed E-state index contributed by atoms with van der Waals surface area (Å²) in [5, 5.41) is 6.08. The molecule has 4 heteroatoms. The molecule has 0 saturated carbocycles. The standard InChI is InChI=1S/C13H26N2O2/c1-11(2)5-7-15-12(16)9-14-10-13(3)6-4-8-17-13/h11,14H,4-10H2,1-3H3,(H,15,16). The van der Waals surface area contributed by atoms with E-state index in [2.05, 4.69) is 31.4 Å². The van der Waals surface area contributed by atoms with Crippen molar-refractivity contribution in [3.8, 4) is 0 Å². The average Bonchev–Trinajstić information content (AvgIpc) is 2.65. The largest absolute Gasteiger partial charge is 0.374 e. The highest BCUT2D eigenvalue weighted by Gasteiger charge is 2.29. The van der Waals surface area contributed by atoms with Gasteiger partial charge >= 0.3 is 0 Å². The number of ether oxygens (including phenoxy) is 1. The topological polar surface area (TPSA) is 50.4 Å². The third kappa shape index (κ3) is 6.03. The Bertz CT molecular complexity index is 236. The highest BCUT2D eigenvalue weighted by atomic mass is 16.5. The Morgan fingerprint density at radius 2 is 2.24 bits per heavy atom. The lowest BCUT2D eigenvalue weighted by Crippen LogP contribution is -2.42. The maximum atomic E-state index is 11.5. The van der Waals surface area contributed by atoms with Crippen molar-refractivity contribution in [1.82, 2.24) is 10.6 Å². The van der Waals surface area contributed by atoms with E-state index < -0.39 is 0 Å². The van der Waals surface area contributed by atoms with Crippen LogP contribution < -0.4 is 10.6 Å². The minimum Gasteiger partial charge on any atom is -0.374 e. The summed E-state index contributed by atoms with van der Waals surface area (Å²) in [5.74, 6) is 0.710. The van der Waals surface area contributed by atoms with Gasteiger partial charge in [-0.05, 0) is 32.1 Å². The molecule has 0 aromatic heterocycles. The maximum absolute atomic E-state index is 11.5. The predicted octanol–water partition coefficient (Wildman–Crippen LogP) is 1.31. The molecule has 0 radical (unpaired) electrons. The number of carbonyl (C=O) groups is 1. The lowest BCUT2D eigenvalue weighted by atomic mass is 10.0. The molecule has 0 spiro atoms. The molecular formula is C13H26N2O2. The SMILES string of the molecule is CC(C)CCNC(=O)CNCC1(C)CCCO1. The first kappa shape index (κ1) is 14.5. The number of carbonyl (C=O) groups excluding carboxylic acids is 1. The Labute approximate surface area is 104 Å². The van der Waals surface area contributed by atoms with E-state index in [-0.39, 0.29) is 11.5 Å². The van der Waals surface area contributed by atoms with Gasteiger partial charge in [0, 0.05) is 19.7 Å². The van der Waals surface area contributed by atoms with Crippen LogP contribution in [-0.2, 0) is 9.53 Å². The van der Waals surface area contributed by atoms with Gasteiger partial charge < -0.3 is 15.4 Å². The van der Waals surface area contributed by atoms with Crippen molar-refractivity contribution in [2.24, 2.45) is 5.92 Å². The molecule has 2 N–H and O–H groups in total. The van der Waals surface area contributed by atoms with Crippen LogP contribution in [0.5, 0.6) is 0 Å². The molecule has 100 valence electrons. The summed E-state index contributed by atoms with van der Waals surface area (Å²) in [6.07, 6.45) is 3.24. The monoisotopic (exact) mass is 242 g/mol. The molecule has 1 amide bonds. The van der Waals surface area contributed by atoms with E-state index in [1.165, 1.54) is 0 Å². The molecule has 0 bridgehead atoms. The van der Waals surface area contributed by atoms with Crippen molar-refractivity contribution in [2.75, 3.05) is 26.2 Å². The van der Waals surface area contributed by atoms with Crippen molar-refractivity contribution in [2.45, 2.75) is 45.6 Å². The van der Waals surface area contributed by atoms with Crippen LogP contribution in [0.25, 0.3) is 0 Å². The smallest absolute Gasteiger partial charge is 0.233 e. The third-order valence-corrected chi connectivity index (χ3v) is 3.13. The van der Waals surface area contributed by atoms with Gasteiger partial charge in [0.1, 0.15) is 0 Å². The molecule has 1 saturated heterocycles. The van der Waals surface area contributed by atoms with Crippen LogP contribution in [0, 0.1) is 5.92 Å². The summed E-state index contributed by atoms with van der Waals surface area (Å²) in [4.78, 5) is 11.5. The van der Waals surface area contributed by atoms with Crippen LogP contribution in [0.4, 0.5) is 0 Å². The second kappa shape index (κ2) is 6.97. The Balaban J connectivity index is 2.03. The van der Waals surface area contributed by atoms with Crippen molar-refractivity contribution >= 4 is 5.91 Å². The molecule has 1 fully saturated rings. The molecule has 1 aliphatic heterocycles. The third-order valence-electron chi connectivity index (χ3n) is 3.13. The summed E-state index contributed by atoms with van der Waals surface area (Å²) in [6, 6.07) is 0. The number of hydrogen-bond acceptors (Lipinski definition) is 3. The van der Waals surface area contributed by atoms with Gasteiger partial charge in [-0.3, -0.25) is 4.79 Å². The van der Waals surface area contributed by atoms with E-state index in [0.29, 0.717) is 12.5 Å². The van der Waals surface area contributed by atoms with E-state index in [4.69, 9.17) is 4.74 Å². The first-order valence-corrected chi connectivity index (χ1v) is 6.63. The van der Waals surface area contributed by atoms with Crippen molar-refractivity contribution in [3.05, 3.63) is 0 Å². The van der Waals surface area contributed by atoms with Crippen LogP contribution in [-0.4, -0.2) is 37.7 Å². The molecule has 1 heterocycles. The van der Waals surface area contributed by atoms with E-state index in [1.54, 1.807) is 0 Å². The van der Waals surface area contributed by atoms with Gasteiger partial charge in [-0.25, -0.2) is 0 Å². The van der Waals surface area contributed by atoms with Gasteiger partial charge in [0.15, 0.2) is 0 Å². The summed E-state index contributed by atoms with van der Waals surface area (Å²) < 4.78 is 5.64. The number of nitrogens with one attached hydrogen (secondary N) is 2. The highest BCUT2D eigenvalue weighted by Crippen LogP contribution is 2.23. The van der Waals surface area contributed by atoms with Gasteiger partial charge in [0.05, 0.1) is 12.1 Å². The van der Waals surface area contributed by atoms with E-state index >= 15 is 0 Å². The lowest BCUT2D eigenvalue weighted by molar-refractivity contribution is -0.120. The summed E-state index contributed by atoms with van der Waals surface area (Å²) in [5.41, 5.74) is -0.0712. The van der Waals surface area contributed by atoms with Crippen molar-refractivity contribution in [1.29, 1.82) is 0 Å². The predicted molar refractivity (Wildman–Crippen MR) is 68.9 cm³/mol. The van der Waals surface area contributed by atoms with Gasteiger partial charge in [-0.1, -0.05) is 13.8 Å². The molecular weight excluding hydrogens is 216 g/mol. The quantitative estimate of drug-likeness (QED) is 0.707. The van der Waals surface area contributed by atoms with Gasteiger partial charge in [-0.15, -0.1) is 0 Å². The fourth-order valence-corrected chi connectivity index (χ4v) is 1.98. The van der Waals surface area contributed by atoms with Crippen LogP contribution in [0.3, 0.4) is 0 Å². The fourth-order valence-electron chi connectivity index (χ4n) is 1.98. The van der Waals surface area contributed by atoms with Crippen LogP contribution in [0.1, 0.15) is 40.0 Å². The van der Waals surface area contributed by atoms with E-state index in [9.17, 15) is 4.79 Å². The zero-order chi connectivity index (χ0) is 12.7. The molecule has 1 rings (SSSR count). The molecule has 1 atom stereocenters. The average molecular weight is 242 g/mol. The second-order valence-electron chi connectivity index (χ2n) is 5.54. The van der Waals surface area contributed by atoms with Crippen molar-refractivity contribution in [3.63, 3.8) is 0 Å². The Kier molecular flexibility index (Phi) is 5.92. The Morgan fingerprint density at radius 3 is 2.82 bits per heavy atom. The first-order valence-electron chi connectivity index (χ1n) is 6.63. The number of hydrogen-bond donors (Lipinski definition) is 2. The van der Waals surface area contributed by atoms with Crippen LogP contribution in [0.15, 0.2) is 0 Å². The normalized spacial score (nSPS) is 24.2. The minimum absolute atomic E-state index is 0.0712. The van der Waals surface area contributed by atoms with E-state index in [0.717, 1.165) is 39.0 Å².